The Labute approximate surface area is 125 Å². The van der Waals surface area contributed by atoms with Gasteiger partial charge in [0.1, 0.15) is 11.6 Å². The van der Waals surface area contributed by atoms with Crippen LogP contribution in [0.25, 0.3) is 0 Å². The van der Waals surface area contributed by atoms with Crippen LogP contribution in [0.15, 0.2) is 42.5 Å². The smallest absolute Gasteiger partial charge is 0.178 e. The molecule has 0 amide bonds. The van der Waals surface area contributed by atoms with Crippen LogP contribution in [0.1, 0.15) is 15.9 Å². The average Bonchev–Trinajstić information content (AvgIpc) is 2.41. The molecule has 1 nitrogen and oxygen atoms in total. The molecule has 0 fully saturated rings. The minimum Gasteiger partial charge on any atom is -0.293 e. The number of thioether (sulfide) groups is 1. The molecule has 0 saturated carbocycles. The van der Waals surface area contributed by atoms with Crippen LogP contribution < -0.4 is 0 Å². The number of Topliss-reactive ketones (excluding diaryl/α,β-unsaturated/α-hetero) is 1. The van der Waals surface area contributed by atoms with Crippen molar-refractivity contribution in [3.05, 3.63) is 70.2 Å². The number of rotatable bonds is 5. The summed E-state index contributed by atoms with van der Waals surface area (Å²) in [6.07, 6.45) is 0. The summed E-state index contributed by atoms with van der Waals surface area (Å²) in [6.45, 7) is 0. The van der Waals surface area contributed by atoms with E-state index < -0.39 is 23.0 Å². The van der Waals surface area contributed by atoms with Gasteiger partial charge in [-0.3, -0.25) is 4.79 Å². The molecule has 0 saturated heterocycles. The lowest BCUT2D eigenvalue weighted by molar-refractivity contribution is 0.101. The number of hydrogen-bond donors (Lipinski definition) is 0. The third-order valence-corrected chi connectivity index (χ3v) is 3.91. The highest BCUT2D eigenvalue weighted by Gasteiger charge is 2.16. The van der Waals surface area contributed by atoms with Gasteiger partial charge in [0.25, 0.3) is 0 Å². The van der Waals surface area contributed by atoms with Crippen LogP contribution in [0.4, 0.5) is 8.78 Å². The van der Waals surface area contributed by atoms with E-state index >= 15 is 0 Å². The van der Waals surface area contributed by atoms with Crippen molar-refractivity contribution in [2.75, 3.05) is 5.75 Å². The van der Waals surface area contributed by atoms with Crippen molar-refractivity contribution in [3.8, 4) is 0 Å². The van der Waals surface area contributed by atoms with E-state index in [9.17, 15) is 13.6 Å². The molecule has 2 rings (SSSR count). The van der Waals surface area contributed by atoms with Gasteiger partial charge in [0.05, 0.1) is 11.3 Å². The zero-order valence-electron chi connectivity index (χ0n) is 10.4. The largest absolute Gasteiger partial charge is 0.293 e. The van der Waals surface area contributed by atoms with Crippen molar-refractivity contribution in [2.24, 2.45) is 0 Å². The minimum absolute atomic E-state index is 0.0283. The van der Waals surface area contributed by atoms with E-state index in [2.05, 4.69) is 0 Å². The summed E-state index contributed by atoms with van der Waals surface area (Å²) in [4.78, 5) is 11.8. The standard InChI is InChI=1S/C15H11ClF2OS/c16-11-6-4-10(5-7-11)8-20-9-14(19)15-12(17)2-1-3-13(15)18/h1-7H,8-9H2. The molecule has 20 heavy (non-hydrogen) atoms. The van der Waals surface area contributed by atoms with Crippen molar-refractivity contribution < 1.29 is 13.6 Å². The Kier molecular flexibility index (Phi) is 5.15. The quantitative estimate of drug-likeness (QED) is 0.742. The van der Waals surface area contributed by atoms with Crippen molar-refractivity contribution in [3.63, 3.8) is 0 Å². The topological polar surface area (TPSA) is 17.1 Å². The van der Waals surface area contributed by atoms with Crippen LogP contribution in [-0.2, 0) is 5.75 Å². The fraction of sp³-hybridized carbons (Fsp3) is 0.133. The highest BCUT2D eigenvalue weighted by molar-refractivity contribution is 7.99. The second kappa shape index (κ2) is 6.86. The van der Waals surface area contributed by atoms with Crippen LogP contribution in [0.5, 0.6) is 0 Å². The van der Waals surface area contributed by atoms with Crippen LogP contribution in [0.3, 0.4) is 0 Å². The summed E-state index contributed by atoms with van der Waals surface area (Å²) >= 11 is 7.07. The highest BCUT2D eigenvalue weighted by atomic mass is 35.5. The summed E-state index contributed by atoms with van der Waals surface area (Å²) in [7, 11) is 0. The normalized spacial score (nSPS) is 10.6. The Morgan fingerprint density at radius 1 is 1.05 bits per heavy atom. The molecule has 0 bridgehead atoms. The van der Waals surface area contributed by atoms with E-state index in [1.807, 2.05) is 12.1 Å². The van der Waals surface area contributed by atoms with Crippen molar-refractivity contribution in [2.45, 2.75) is 5.75 Å². The molecular formula is C15H11ClF2OS. The van der Waals surface area contributed by atoms with Crippen molar-refractivity contribution >= 4 is 29.1 Å². The van der Waals surface area contributed by atoms with E-state index in [0.717, 1.165) is 17.7 Å². The molecule has 0 atom stereocenters. The molecule has 0 N–H and O–H groups in total. The highest BCUT2D eigenvalue weighted by Crippen LogP contribution is 2.19. The Morgan fingerprint density at radius 3 is 2.25 bits per heavy atom. The average molecular weight is 313 g/mol. The number of benzene rings is 2. The van der Waals surface area contributed by atoms with Gasteiger partial charge in [0, 0.05) is 10.8 Å². The van der Waals surface area contributed by atoms with Gasteiger partial charge in [-0.05, 0) is 29.8 Å². The van der Waals surface area contributed by atoms with Gasteiger partial charge in [-0.1, -0.05) is 29.8 Å². The molecule has 0 aromatic heterocycles. The van der Waals surface area contributed by atoms with E-state index in [4.69, 9.17) is 11.6 Å². The van der Waals surface area contributed by atoms with E-state index in [1.165, 1.54) is 17.8 Å². The first-order valence-corrected chi connectivity index (χ1v) is 7.40. The molecule has 2 aromatic carbocycles. The summed E-state index contributed by atoms with van der Waals surface area (Å²) in [5.74, 6) is -1.57. The lowest BCUT2D eigenvalue weighted by atomic mass is 10.1. The van der Waals surface area contributed by atoms with E-state index in [-0.39, 0.29) is 5.75 Å². The Bertz CT molecular complexity index is 594. The molecule has 0 aliphatic rings. The van der Waals surface area contributed by atoms with Crippen LogP contribution in [-0.4, -0.2) is 11.5 Å². The number of hydrogen-bond acceptors (Lipinski definition) is 2. The molecule has 0 spiro atoms. The van der Waals surface area contributed by atoms with Gasteiger partial charge >= 0.3 is 0 Å². The number of carbonyl (C=O) groups is 1. The maximum absolute atomic E-state index is 13.4. The SMILES string of the molecule is O=C(CSCc1ccc(Cl)cc1)c1c(F)cccc1F. The van der Waals surface area contributed by atoms with Gasteiger partial charge in [0.15, 0.2) is 5.78 Å². The molecular weight excluding hydrogens is 302 g/mol. The second-order valence-electron chi connectivity index (χ2n) is 4.14. The third kappa shape index (κ3) is 3.81. The van der Waals surface area contributed by atoms with Crippen LogP contribution in [0, 0.1) is 11.6 Å². The molecule has 0 unspecified atom stereocenters. The van der Waals surface area contributed by atoms with Crippen molar-refractivity contribution in [1.29, 1.82) is 0 Å². The van der Waals surface area contributed by atoms with Gasteiger partial charge in [-0.15, -0.1) is 11.8 Å². The fourth-order valence-corrected chi connectivity index (χ4v) is 2.66. The van der Waals surface area contributed by atoms with Gasteiger partial charge < -0.3 is 0 Å². The minimum atomic E-state index is -0.818. The monoisotopic (exact) mass is 312 g/mol. The van der Waals surface area contributed by atoms with E-state index in [1.54, 1.807) is 12.1 Å². The number of halogens is 3. The van der Waals surface area contributed by atoms with Crippen LogP contribution in [0.2, 0.25) is 5.02 Å². The number of carbonyl (C=O) groups excluding carboxylic acids is 1. The Morgan fingerprint density at radius 2 is 1.65 bits per heavy atom. The maximum Gasteiger partial charge on any atom is 0.178 e. The summed E-state index contributed by atoms with van der Waals surface area (Å²) in [6, 6.07) is 10.6. The Balaban J connectivity index is 1.94. The molecule has 0 radical (unpaired) electrons. The zero-order valence-corrected chi connectivity index (χ0v) is 12.0. The summed E-state index contributed by atoms with van der Waals surface area (Å²) in [5.41, 5.74) is 0.539. The molecule has 0 aliphatic carbocycles. The Hall–Kier alpha value is -1.39. The summed E-state index contributed by atoms with van der Waals surface area (Å²) in [5, 5.41) is 0.642. The first-order valence-electron chi connectivity index (χ1n) is 5.87. The first kappa shape index (κ1) is 15.0. The van der Waals surface area contributed by atoms with E-state index in [0.29, 0.717) is 10.8 Å². The third-order valence-electron chi connectivity index (χ3n) is 2.66. The van der Waals surface area contributed by atoms with Crippen LogP contribution >= 0.6 is 23.4 Å². The predicted octanol–water partition coefficient (Wildman–Crippen LogP) is 4.73. The van der Waals surface area contributed by atoms with Gasteiger partial charge in [0.2, 0.25) is 0 Å². The van der Waals surface area contributed by atoms with Crippen molar-refractivity contribution in [1.82, 2.24) is 0 Å². The van der Waals surface area contributed by atoms with Gasteiger partial charge in [-0.25, -0.2) is 8.78 Å². The second-order valence-corrected chi connectivity index (χ2v) is 5.56. The molecule has 0 heterocycles. The molecule has 0 aliphatic heterocycles. The number of ketones is 1. The first-order chi connectivity index (χ1) is 9.58. The predicted molar refractivity (Wildman–Crippen MR) is 78.3 cm³/mol. The maximum atomic E-state index is 13.4. The molecule has 2 aromatic rings. The lowest BCUT2D eigenvalue weighted by Gasteiger charge is -2.04. The molecule has 5 heteroatoms. The zero-order chi connectivity index (χ0) is 14.5. The fourth-order valence-electron chi connectivity index (χ4n) is 1.68. The molecule has 104 valence electrons. The summed E-state index contributed by atoms with van der Waals surface area (Å²) < 4.78 is 26.8. The lowest BCUT2D eigenvalue weighted by Crippen LogP contribution is -2.08. The van der Waals surface area contributed by atoms with Gasteiger partial charge in [-0.2, -0.15) is 0 Å².